The number of aromatic nitrogens is 2. The first-order chi connectivity index (χ1) is 10.8. The third kappa shape index (κ3) is 2.62. The molecule has 10 heteroatoms. The van der Waals surface area contributed by atoms with Crippen LogP contribution in [0.2, 0.25) is 0 Å². The van der Waals surface area contributed by atoms with Gasteiger partial charge in [-0.3, -0.25) is 8.99 Å². The van der Waals surface area contributed by atoms with Gasteiger partial charge in [-0.05, 0) is 37.2 Å². The fourth-order valence-electron chi connectivity index (χ4n) is 2.54. The Morgan fingerprint density at radius 3 is 2.52 bits per heavy atom. The lowest BCUT2D eigenvalue weighted by atomic mass is 10.2. The van der Waals surface area contributed by atoms with E-state index in [-0.39, 0.29) is 16.3 Å². The van der Waals surface area contributed by atoms with Crippen LogP contribution in [-0.4, -0.2) is 40.2 Å². The van der Waals surface area contributed by atoms with Crippen LogP contribution in [0.1, 0.15) is 5.56 Å². The van der Waals surface area contributed by atoms with Gasteiger partial charge in [0, 0.05) is 19.8 Å². The summed E-state index contributed by atoms with van der Waals surface area (Å²) in [4.78, 5) is 0.235. The molecular formula is C13H16N4O4S2. The molecule has 23 heavy (non-hydrogen) atoms. The van der Waals surface area contributed by atoms with E-state index in [1.54, 1.807) is 7.05 Å². The van der Waals surface area contributed by atoms with Crippen molar-refractivity contribution in [1.29, 1.82) is 0 Å². The Hall–Kier alpha value is -1.91. The summed E-state index contributed by atoms with van der Waals surface area (Å²) in [5.74, 6) is 0. The molecule has 0 bridgehead atoms. The number of aryl methyl sites for hydroxylation is 1. The van der Waals surface area contributed by atoms with Crippen molar-refractivity contribution in [3.63, 3.8) is 0 Å². The Bertz CT molecular complexity index is 964. The quantitative estimate of drug-likeness (QED) is 0.836. The lowest BCUT2D eigenvalue weighted by Gasteiger charge is -2.18. The molecule has 124 valence electrons. The highest BCUT2D eigenvalue weighted by Gasteiger charge is 2.32. The number of nitrogens with zero attached hydrogens (tertiary/aromatic N) is 3. The molecular weight excluding hydrogens is 340 g/mol. The van der Waals surface area contributed by atoms with Crippen molar-refractivity contribution in [2.45, 2.75) is 16.2 Å². The zero-order chi connectivity index (χ0) is 16.8. The van der Waals surface area contributed by atoms with Crippen LogP contribution in [0.3, 0.4) is 0 Å². The van der Waals surface area contributed by atoms with Crippen LogP contribution in [0.4, 0.5) is 5.69 Å². The Morgan fingerprint density at radius 2 is 1.91 bits per heavy atom. The lowest BCUT2D eigenvalue weighted by molar-refractivity contribution is 0.587. The van der Waals surface area contributed by atoms with Crippen molar-refractivity contribution in [3.05, 3.63) is 36.2 Å². The van der Waals surface area contributed by atoms with Gasteiger partial charge in [-0.1, -0.05) is 0 Å². The second-order valence-corrected chi connectivity index (χ2v) is 8.92. The van der Waals surface area contributed by atoms with Crippen molar-refractivity contribution in [2.24, 2.45) is 7.05 Å². The average Bonchev–Trinajstić information content (AvgIpc) is 3.13. The fraction of sp³-hybridized carbons (Fsp3) is 0.308. The number of nitrogens with one attached hydrogen (secondary N) is 1. The maximum Gasteiger partial charge on any atom is 0.267 e. The Labute approximate surface area is 134 Å². The van der Waals surface area contributed by atoms with Gasteiger partial charge in [0.2, 0.25) is 10.0 Å². The molecule has 0 spiro atoms. The highest BCUT2D eigenvalue weighted by Crippen LogP contribution is 2.34. The molecule has 0 atom stereocenters. The first-order valence-electron chi connectivity index (χ1n) is 6.83. The van der Waals surface area contributed by atoms with Crippen LogP contribution in [0.25, 0.3) is 0 Å². The topological polar surface area (TPSA) is 101 Å². The maximum absolute atomic E-state index is 12.7. The van der Waals surface area contributed by atoms with E-state index in [0.29, 0.717) is 17.7 Å². The van der Waals surface area contributed by atoms with Gasteiger partial charge in [-0.15, -0.1) is 0 Å². The predicted molar refractivity (Wildman–Crippen MR) is 84.1 cm³/mol. The summed E-state index contributed by atoms with van der Waals surface area (Å²) >= 11 is 0. The third-order valence-electron chi connectivity index (χ3n) is 3.75. The maximum atomic E-state index is 12.7. The van der Waals surface area contributed by atoms with Crippen LogP contribution in [0.15, 0.2) is 40.4 Å². The summed E-state index contributed by atoms with van der Waals surface area (Å²) in [5, 5.41) is 3.89. The van der Waals surface area contributed by atoms with Gasteiger partial charge in [0.25, 0.3) is 10.0 Å². The van der Waals surface area contributed by atoms with E-state index in [0.717, 1.165) is 0 Å². The number of rotatable bonds is 4. The van der Waals surface area contributed by atoms with Gasteiger partial charge < -0.3 is 0 Å². The summed E-state index contributed by atoms with van der Waals surface area (Å²) in [7, 11) is -4.27. The van der Waals surface area contributed by atoms with Crippen molar-refractivity contribution in [3.8, 4) is 0 Å². The molecule has 0 saturated carbocycles. The van der Waals surface area contributed by atoms with E-state index in [9.17, 15) is 16.8 Å². The molecule has 1 N–H and O–H groups in total. The molecule has 0 aliphatic carbocycles. The largest absolute Gasteiger partial charge is 0.274 e. The van der Waals surface area contributed by atoms with E-state index in [4.69, 9.17) is 0 Å². The van der Waals surface area contributed by atoms with Gasteiger partial charge in [-0.25, -0.2) is 21.6 Å². The summed E-state index contributed by atoms with van der Waals surface area (Å²) in [6, 6.07) is 4.45. The minimum Gasteiger partial charge on any atom is -0.274 e. The fourth-order valence-corrected chi connectivity index (χ4v) is 4.81. The Kier molecular flexibility index (Phi) is 3.69. The first kappa shape index (κ1) is 16.0. The standard InChI is InChI=1S/C13H16N4O4S2/c1-14-22(18,19)11-3-4-13-10(7-11)5-6-17(13)23(20,21)12-8-15-16(2)9-12/h3-4,7-9,14H,5-6H2,1-2H3. The molecule has 1 aliphatic heterocycles. The monoisotopic (exact) mass is 356 g/mol. The number of hydrogen-bond donors (Lipinski definition) is 1. The summed E-state index contributed by atoms with van der Waals surface area (Å²) in [6.45, 7) is 0.273. The molecule has 3 rings (SSSR count). The van der Waals surface area contributed by atoms with Crippen molar-refractivity contribution in [2.75, 3.05) is 17.9 Å². The smallest absolute Gasteiger partial charge is 0.267 e. The molecule has 1 aromatic carbocycles. The Morgan fingerprint density at radius 1 is 1.17 bits per heavy atom. The van der Waals surface area contributed by atoms with E-state index in [1.165, 1.54) is 46.6 Å². The van der Waals surface area contributed by atoms with Gasteiger partial charge in [0.15, 0.2) is 0 Å². The highest BCUT2D eigenvalue weighted by atomic mass is 32.2. The lowest BCUT2D eigenvalue weighted by Crippen LogP contribution is -2.28. The van der Waals surface area contributed by atoms with E-state index in [1.807, 2.05) is 0 Å². The SMILES string of the molecule is CNS(=O)(=O)c1ccc2c(c1)CCN2S(=O)(=O)c1cnn(C)c1. The van der Waals surface area contributed by atoms with Crippen LogP contribution in [0, 0.1) is 0 Å². The zero-order valence-corrected chi connectivity index (χ0v) is 14.2. The molecule has 0 unspecified atom stereocenters. The molecule has 0 fully saturated rings. The van der Waals surface area contributed by atoms with Crippen molar-refractivity contribution in [1.82, 2.24) is 14.5 Å². The van der Waals surface area contributed by atoms with E-state index < -0.39 is 20.0 Å². The van der Waals surface area contributed by atoms with Crippen LogP contribution in [0.5, 0.6) is 0 Å². The third-order valence-corrected chi connectivity index (χ3v) is 6.93. The molecule has 8 nitrogen and oxygen atoms in total. The molecule has 1 aromatic heterocycles. The van der Waals surface area contributed by atoms with Crippen LogP contribution >= 0.6 is 0 Å². The number of sulfonamides is 2. The van der Waals surface area contributed by atoms with Gasteiger partial charge in [0.05, 0.1) is 16.8 Å². The summed E-state index contributed by atoms with van der Waals surface area (Å²) in [6.07, 6.45) is 3.20. The predicted octanol–water partition coefficient (Wildman–Crippen LogP) is 0.0796. The number of anilines is 1. The minimum absolute atomic E-state index is 0.111. The van der Waals surface area contributed by atoms with Crippen LogP contribution in [-0.2, 0) is 33.5 Å². The molecule has 1 aliphatic rings. The zero-order valence-electron chi connectivity index (χ0n) is 12.6. The normalized spacial score (nSPS) is 15.0. The molecule has 2 aromatic rings. The molecule has 0 amide bonds. The van der Waals surface area contributed by atoms with E-state index in [2.05, 4.69) is 9.82 Å². The number of benzene rings is 1. The van der Waals surface area contributed by atoms with Crippen LogP contribution < -0.4 is 9.03 Å². The number of hydrogen-bond acceptors (Lipinski definition) is 5. The number of fused-ring (bicyclic) bond motifs is 1. The van der Waals surface area contributed by atoms with Crippen molar-refractivity contribution >= 4 is 25.7 Å². The summed E-state index contributed by atoms with van der Waals surface area (Å²) < 4.78 is 54.0. The first-order valence-corrected chi connectivity index (χ1v) is 9.76. The highest BCUT2D eigenvalue weighted by molar-refractivity contribution is 7.92. The van der Waals surface area contributed by atoms with Gasteiger partial charge in [-0.2, -0.15) is 5.10 Å². The summed E-state index contributed by atoms with van der Waals surface area (Å²) in [5.41, 5.74) is 1.19. The van der Waals surface area contributed by atoms with E-state index >= 15 is 0 Å². The second-order valence-electron chi connectivity index (χ2n) is 5.17. The minimum atomic E-state index is -3.70. The molecule has 0 saturated heterocycles. The van der Waals surface area contributed by atoms with Crippen molar-refractivity contribution < 1.29 is 16.8 Å². The molecule has 0 radical (unpaired) electrons. The van der Waals surface area contributed by atoms with Gasteiger partial charge in [0.1, 0.15) is 4.90 Å². The van der Waals surface area contributed by atoms with Gasteiger partial charge >= 0.3 is 0 Å². The molecule has 2 heterocycles. The average molecular weight is 356 g/mol. The Balaban J connectivity index is 2.03. The second kappa shape index (κ2) is 5.32.